The number of amides is 1. The molecule has 0 spiro atoms. The standard InChI is InChI=1S/C21H18F2N2O4/c1-12-3-8-18-16(9-12)17(10-13(2)24-18)20(27)28-11-19(26)25-14-4-6-15(7-5-14)29-21(22)23/h3-10,21H,11H2,1-2H3,(H,25,26). The van der Waals surface area contributed by atoms with Crippen LogP contribution in [0.1, 0.15) is 21.6 Å². The fourth-order valence-corrected chi connectivity index (χ4v) is 2.77. The summed E-state index contributed by atoms with van der Waals surface area (Å²) < 4.78 is 33.7. The quantitative estimate of drug-likeness (QED) is 0.626. The zero-order valence-corrected chi connectivity index (χ0v) is 15.7. The number of fused-ring (bicyclic) bond motifs is 1. The van der Waals surface area contributed by atoms with Crippen LogP contribution in [-0.2, 0) is 9.53 Å². The van der Waals surface area contributed by atoms with Gasteiger partial charge >= 0.3 is 12.6 Å². The minimum absolute atomic E-state index is 0.0281. The molecule has 3 rings (SSSR count). The highest BCUT2D eigenvalue weighted by Crippen LogP contribution is 2.21. The molecule has 8 heteroatoms. The van der Waals surface area contributed by atoms with E-state index in [1.165, 1.54) is 24.3 Å². The van der Waals surface area contributed by atoms with E-state index >= 15 is 0 Å². The lowest BCUT2D eigenvalue weighted by atomic mass is 10.1. The number of carbonyl (C=O) groups is 2. The molecule has 0 radical (unpaired) electrons. The van der Waals surface area contributed by atoms with Crippen LogP contribution >= 0.6 is 0 Å². The molecular weight excluding hydrogens is 382 g/mol. The van der Waals surface area contributed by atoms with Gasteiger partial charge in [0.1, 0.15) is 5.75 Å². The number of anilines is 1. The van der Waals surface area contributed by atoms with Gasteiger partial charge < -0.3 is 14.8 Å². The van der Waals surface area contributed by atoms with Crippen molar-refractivity contribution in [1.82, 2.24) is 4.98 Å². The SMILES string of the molecule is Cc1ccc2nc(C)cc(C(=O)OCC(=O)Nc3ccc(OC(F)F)cc3)c2c1. The number of ether oxygens (including phenoxy) is 2. The number of hydrogen-bond donors (Lipinski definition) is 1. The molecule has 29 heavy (non-hydrogen) atoms. The molecule has 0 fully saturated rings. The van der Waals surface area contributed by atoms with E-state index in [9.17, 15) is 18.4 Å². The van der Waals surface area contributed by atoms with Gasteiger partial charge in [-0.05, 0) is 56.3 Å². The second kappa shape index (κ2) is 8.64. The van der Waals surface area contributed by atoms with E-state index < -0.39 is 25.1 Å². The number of hydrogen-bond acceptors (Lipinski definition) is 5. The maximum absolute atomic E-state index is 12.5. The number of rotatable bonds is 6. The molecule has 0 aliphatic heterocycles. The maximum Gasteiger partial charge on any atom is 0.387 e. The molecule has 3 aromatic rings. The van der Waals surface area contributed by atoms with Gasteiger partial charge in [-0.3, -0.25) is 9.78 Å². The maximum atomic E-state index is 12.5. The van der Waals surface area contributed by atoms with Gasteiger partial charge in [0, 0.05) is 16.8 Å². The van der Waals surface area contributed by atoms with Crippen LogP contribution < -0.4 is 10.1 Å². The van der Waals surface area contributed by atoms with Crippen molar-refractivity contribution in [2.45, 2.75) is 20.5 Å². The minimum Gasteiger partial charge on any atom is -0.452 e. The van der Waals surface area contributed by atoms with Crippen LogP contribution in [0.4, 0.5) is 14.5 Å². The van der Waals surface area contributed by atoms with E-state index in [2.05, 4.69) is 15.0 Å². The van der Waals surface area contributed by atoms with Gasteiger partial charge in [-0.15, -0.1) is 0 Å². The molecule has 1 aromatic heterocycles. The zero-order valence-electron chi connectivity index (χ0n) is 15.7. The van der Waals surface area contributed by atoms with Crippen molar-refractivity contribution in [2.24, 2.45) is 0 Å². The number of carbonyl (C=O) groups excluding carboxylic acids is 2. The highest BCUT2D eigenvalue weighted by atomic mass is 19.3. The van der Waals surface area contributed by atoms with E-state index in [1.54, 1.807) is 13.0 Å². The number of aryl methyl sites for hydroxylation is 2. The highest BCUT2D eigenvalue weighted by Gasteiger charge is 2.15. The Labute approximate surface area is 165 Å². The van der Waals surface area contributed by atoms with Crippen molar-refractivity contribution < 1.29 is 27.8 Å². The fourth-order valence-electron chi connectivity index (χ4n) is 2.77. The third kappa shape index (κ3) is 5.25. The molecule has 0 unspecified atom stereocenters. The van der Waals surface area contributed by atoms with Crippen molar-refractivity contribution >= 4 is 28.5 Å². The zero-order chi connectivity index (χ0) is 21.0. The molecule has 1 heterocycles. The first-order valence-electron chi connectivity index (χ1n) is 8.71. The van der Waals surface area contributed by atoms with Crippen LogP contribution in [0.25, 0.3) is 10.9 Å². The first-order chi connectivity index (χ1) is 13.8. The number of halogens is 2. The number of nitrogens with one attached hydrogen (secondary N) is 1. The first kappa shape index (κ1) is 20.2. The van der Waals surface area contributed by atoms with Gasteiger partial charge in [-0.1, -0.05) is 11.6 Å². The molecule has 0 bridgehead atoms. The van der Waals surface area contributed by atoms with E-state index in [0.717, 1.165) is 5.56 Å². The Hall–Kier alpha value is -3.55. The normalized spacial score (nSPS) is 10.8. The lowest BCUT2D eigenvalue weighted by Crippen LogP contribution is -2.21. The van der Waals surface area contributed by atoms with E-state index in [0.29, 0.717) is 27.8 Å². The highest BCUT2D eigenvalue weighted by molar-refractivity contribution is 6.04. The summed E-state index contributed by atoms with van der Waals surface area (Å²) in [7, 11) is 0. The Morgan fingerprint density at radius 1 is 1.07 bits per heavy atom. The molecular formula is C21H18F2N2O4. The van der Waals surface area contributed by atoms with Gasteiger partial charge in [0.15, 0.2) is 6.61 Å². The first-order valence-corrected chi connectivity index (χ1v) is 8.71. The van der Waals surface area contributed by atoms with Crippen molar-refractivity contribution in [3.05, 3.63) is 65.4 Å². The second-order valence-electron chi connectivity index (χ2n) is 6.36. The van der Waals surface area contributed by atoms with Gasteiger partial charge in [0.25, 0.3) is 5.91 Å². The monoisotopic (exact) mass is 400 g/mol. The Balaban J connectivity index is 1.64. The lowest BCUT2D eigenvalue weighted by molar-refractivity contribution is -0.119. The third-order valence-electron chi connectivity index (χ3n) is 4.01. The van der Waals surface area contributed by atoms with Gasteiger partial charge in [0.2, 0.25) is 0 Å². The number of benzene rings is 2. The summed E-state index contributed by atoms with van der Waals surface area (Å²) in [5.41, 5.74) is 2.97. The predicted molar refractivity (Wildman–Crippen MR) is 103 cm³/mol. The van der Waals surface area contributed by atoms with Crippen LogP contribution in [0.15, 0.2) is 48.5 Å². The summed E-state index contributed by atoms with van der Waals surface area (Å²) in [6.45, 7) is 0.249. The molecule has 0 atom stereocenters. The lowest BCUT2D eigenvalue weighted by Gasteiger charge is -2.10. The molecule has 0 saturated heterocycles. The number of aromatic nitrogens is 1. The average molecular weight is 400 g/mol. The molecule has 150 valence electrons. The summed E-state index contributed by atoms with van der Waals surface area (Å²) in [6.07, 6.45) is 0. The molecule has 1 amide bonds. The van der Waals surface area contributed by atoms with Crippen molar-refractivity contribution in [1.29, 1.82) is 0 Å². The molecule has 0 saturated carbocycles. The fraction of sp³-hybridized carbons (Fsp3) is 0.190. The number of pyridine rings is 1. The van der Waals surface area contributed by atoms with Crippen molar-refractivity contribution in [2.75, 3.05) is 11.9 Å². The van der Waals surface area contributed by atoms with Crippen molar-refractivity contribution in [3.8, 4) is 5.75 Å². The second-order valence-corrected chi connectivity index (χ2v) is 6.36. The Morgan fingerprint density at radius 3 is 2.48 bits per heavy atom. The molecule has 0 aliphatic rings. The molecule has 2 aromatic carbocycles. The third-order valence-corrected chi connectivity index (χ3v) is 4.01. The van der Waals surface area contributed by atoms with Crippen LogP contribution in [-0.4, -0.2) is 30.1 Å². The Bertz CT molecular complexity index is 1050. The summed E-state index contributed by atoms with van der Waals surface area (Å²) in [5.74, 6) is -1.23. The number of nitrogens with zero attached hydrogens (tertiary/aromatic N) is 1. The minimum atomic E-state index is -2.92. The summed E-state index contributed by atoms with van der Waals surface area (Å²) in [4.78, 5) is 28.9. The van der Waals surface area contributed by atoms with Gasteiger partial charge in [-0.2, -0.15) is 8.78 Å². The topological polar surface area (TPSA) is 77.5 Å². The molecule has 6 nitrogen and oxygen atoms in total. The Morgan fingerprint density at radius 2 is 1.79 bits per heavy atom. The van der Waals surface area contributed by atoms with Crippen LogP contribution in [0.3, 0.4) is 0 Å². The van der Waals surface area contributed by atoms with E-state index in [4.69, 9.17) is 4.74 Å². The molecule has 1 N–H and O–H groups in total. The van der Waals surface area contributed by atoms with E-state index in [1.807, 2.05) is 25.1 Å². The Kier molecular flexibility index (Phi) is 6.01. The summed E-state index contributed by atoms with van der Waals surface area (Å²) >= 11 is 0. The largest absolute Gasteiger partial charge is 0.452 e. The van der Waals surface area contributed by atoms with Gasteiger partial charge in [0.05, 0.1) is 11.1 Å². The average Bonchev–Trinajstić information content (AvgIpc) is 2.67. The van der Waals surface area contributed by atoms with Crippen molar-refractivity contribution in [3.63, 3.8) is 0 Å². The smallest absolute Gasteiger partial charge is 0.387 e. The number of alkyl halides is 2. The van der Waals surface area contributed by atoms with Crippen LogP contribution in [0, 0.1) is 13.8 Å². The van der Waals surface area contributed by atoms with Crippen LogP contribution in [0.2, 0.25) is 0 Å². The van der Waals surface area contributed by atoms with E-state index in [-0.39, 0.29) is 5.75 Å². The molecule has 0 aliphatic carbocycles. The summed E-state index contributed by atoms with van der Waals surface area (Å²) in [6, 6.07) is 12.6. The number of esters is 1. The summed E-state index contributed by atoms with van der Waals surface area (Å²) in [5, 5.41) is 3.16. The van der Waals surface area contributed by atoms with Gasteiger partial charge in [-0.25, -0.2) is 4.79 Å². The predicted octanol–water partition coefficient (Wildman–Crippen LogP) is 4.25. The van der Waals surface area contributed by atoms with Crippen LogP contribution in [0.5, 0.6) is 5.75 Å².